The first-order chi connectivity index (χ1) is 14.5. The number of nitrogens with one attached hydrogen (secondary N) is 2. The highest BCUT2D eigenvalue weighted by molar-refractivity contribution is 7.89. The summed E-state index contributed by atoms with van der Waals surface area (Å²) in [5, 5.41) is 14.2. The van der Waals surface area contributed by atoms with Gasteiger partial charge in [0.2, 0.25) is 10.0 Å². The van der Waals surface area contributed by atoms with Crippen LogP contribution in [0.2, 0.25) is 5.02 Å². The van der Waals surface area contributed by atoms with E-state index in [1.807, 2.05) is 6.92 Å². The van der Waals surface area contributed by atoms with Crippen LogP contribution in [0.3, 0.4) is 0 Å². The summed E-state index contributed by atoms with van der Waals surface area (Å²) in [6.07, 6.45) is 0. The van der Waals surface area contributed by atoms with Crippen molar-refractivity contribution in [3.05, 3.63) is 63.7 Å². The summed E-state index contributed by atoms with van der Waals surface area (Å²) in [6, 6.07) is 6.58. The maximum Gasteiger partial charge on any atom is 0.243 e. The summed E-state index contributed by atoms with van der Waals surface area (Å²) in [4.78, 5) is 1.68. The van der Waals surface area contributed by atoms with Gasteiger partial charge in [0.25, 0.3) is 0 Å². The first kappa shape index (κ1) is 23.1. The number of sulfonamides is 1. The van der Waals surface area contributed by atoms with Gasteiger partial charge in [-0.1, -0.05) is 29.8 Å². The number of aromatic nitrogens is 4. The Hall–Kier alpha value is -2.56. The highest BCUT2D eigenvalue weighted by Crippen LogP contribution is 2.36. The Bertz CT molecular complexity index is 1180. The molecule has 0 aliphatic carbocycles. The first-order valence-corrected chi connectivity index (χ1v) is 11.4. The van der Waals surface area contributed by atoms with Gasteiger partial charge in [0, 0.05) is 25.0 Å². The summed E-state index contributed by atoms with van der Waals surface area (Å²) in [5.74, 6) is -0.942. The van der Waals surface area contributed by atoms with E-state index in [0.717, 1.165) is 11.1 Å². The van der Waals surface area contributed by atoms with Crippen LogP contribution in [0.1, 0.15) is 41.4 Å². The average Bonchev–Trinajstić information content (AvgIpc) is 3.23. The van der Waals surface area contributed by atoms with Crippen LogP contribution in [0.4, 0.5) is 10.1 Å². The number of rotatable bonds is 7. The van der Waals surface area contributed by atoms with Gasteiger partial charge in [-0.25, -0.2) is 12.8 Å². The Morgan fingerprint density at radius 2 is 1.90 bits per heavy atom. The zero-order valence-electron chi connectivity index (χ0n) is 17.8. The van der Waals surface area contributed by atoms with Gasteiger partial charge in [-0.15, -0.1) is 10.2 Å². The normalized spacial score (nSPS) is 13.8. The van der Waals surface area contributed by atoms with Crippen LogP contribution in [-0.4, -0.2) is 43.1 Å². The maximum absolute atomic E-state index is 14.8. The summed E-state index contributed by atoms with van der Waals surface area (Å²) in [7, 11) is -0.626. The molecule has 3 rings (SSSR count). The zero-order valence-corrected chi connectivity index (χ0v) is 19.4. The fourth-order valence-electron chi connectivity index (χ4n) is 3.51. The molecule has 2 aromatic carbocycles. The largest absolute Gasteiger partial charge is 0.377 e. The minimum atomic E-state index is -4.06. The minimum absolute atomic E-state index is 0.0315. The quantitative estimate of drug-likeness (QED) is 0.552. The lowest BCUT2D eigenvalue weighted by molar-refractivity contribution is 0.478. The van der Waals surface area contributed by atoms with Crippen molar-refractivity contribution in [3.8, 4) is 0 Å². The van der Waals surface area contributed by atoms with Crippen molar-refractivity contribution in [2.75, 3.05) is 19.0 Å². The molecule has 3 aromatic rings. The Morgan fingerprint density at radius 3 is 2.52 bits per heavy atom. The number of hydrogen-bond donors (Lipinski definition) is 2. The minimum Gasteiger partial charge on any atom is -0.377 e. The van der Waals surface area contributed by atoms with Crippen molar-refractivity contribution in [1.82, 2.24) is 25.3 Å². The fraction of sp³-hybridized carbons (Fsp3) is 0.350. The number of tetrazole rings is 1. The van der Waals surface area contributed by atoms with E-state index in [0.29, 0.717) is 16.3 Å². The second kappa shape index (κ2) is 8.89. The maximum atomic E-state index is 14.8. The number of aromatic amines is 1. The molecule has 0 aliphatic heterocycles. The molecule has 166 valence electrons. The van der Waals surface area contributed by atoms with E-state index in [1.165, 1.54) is 18.2 Å². The third kappa shape index (κ3) is 4.70. The molecule has 0 fully saturated rings. The molecule has 0 radical (unpaired) electrons. The van der Waals surface area contributed by atoms with Gasteiger partial charge < -0.3 is 4.90 Å². The molecule has 0 aliphatic rings. The Labute approximate surface area is 185 Å². The molecule has 1 aromatic heterocycles. The summed E-state index contributed by atoms with van der Waals surface area (Å²) in [6.45, 7) is 5.40. The zero-order chi connectivity index (χ0) is 22.9. The van der Waals surface area contributed by atoms with Crippen molar-refractivity contribution < 1.29 is 12.8 Å². The van der Waals surface area contributed by atoms with Crippen LogP contribution in [-0.2, 0) is 10.0 Å². The van der Waals surface area contributed by atoms with Gasteiger partial charge in [-0.2, -0.15) is 9.94 Å². The van der Waals surface area contributed by atoms with Crippen LogP contribution in [0.5, 0.6) is 0 Å². The highest BCUT2D eigenvalue weighted by Gasteiger charge is 2.33. The molecule has 0 spiro atoms. The summed E-state index contributed by atoms with van der Waals surface area (Å²) < 4.78 is 44.2. The van der Waals surface area contributed by atoms with E-state index >= 15 is 0 Å². The molecule has 0 bridgehead atoms. The Morgan fingerprint density at radius 1 is 1.19 bits per heavy atom. The number of hydrogen-bond acceptors (Lipinski definition) is 6. The van der Waals surface area contributed by atoms with Crippen LogP contribution >= 0.6 is 11.6 Å². The SMILES string of the molecule is Cc1ccc(F)c([C@@H](C)[C@H](NS(=O)(=O)c2ccc(Cl)cc2N(C)C)c2nn[nH]n2)c1C. The Kier molecular flexibility index (Phi) is 6.63. The van der Waals surface area contributed by atoms with Gasteiger partial charge >= 0.3 is 0 Å². The van der Waals surface area contributed by atoms with Gasteiger partial charge in [0.05, 0.1) is 11.7 Å². The highest BCUT2D eigenvalue weighted by atomic mass is 35.5. The molecule has 2 N–H and O–H groups in total. The lowest BCUT2D eigenvalue weighted by atomic mass is 9.88. The molecule has 0 amide bonds. The predicted molar refractivity (Wildman–Crippen MR) is 117 cm³/mol. The molecular weight excluding hydrogens is 443 g/mol. The van der Waals surface area contributed by atoms with Crippen molar-refractivity contribution in [2.45, 2.75) is 37.6 Å². The molecule has 0 unspecified atom stereocenters. The van der Waals surface area contributed by atoms with Gasteiger partial charge in [-0.05, 0) is 54.8 Å². The molecule has 0 saturated carbocycles. The molecular formula is C20H24ClFN6O2S. The number of H-pyrrole nitrogens is 1. The van der Waals surface area contributed by atoms with Gasteiger partial charge in [0.15, 0.2) is 5.82 Å². The van der Waals surface area contributed by atoms with Crippen LogP contribution in [0, 0.1) is 19.7 Å². The lowest BCUT2D eigenvalue weighted by Gasteiger charge is -2.26. The monoisotopic (exact) mass is 466 g/mol. The number of benzene rings is 2. The Balaban J connectivity index is 2.10. The number of anilines is 1. The van der Waals surface area contributed by atoms with E-state index in [-0.39, 0.29) is 10.7 Å². The standard InChI is InChI=1S/C20H24ClFN6O2S/c1-11-6-8-15(22)18(12(11)2)13(3)19(20-23-26-27-24-20)25-31(29,30)17-9-7-14(21)10-16(17)28(4)5/h6-10,13,19,25H,1-5H3,(H,23,24,26,27)/t13-,19+/m1/s1. The topological polar surface area (TPSA) is 104 Å². The smallest absolute Gasteiger partial charge is 0.243 e. The van der Waals surface area contributed by atoms with Crippen LogP contribution in [0.25, 0.3) is 0 Å². The molecule has 0 saturated heterocycles. The van der Waals surface area contributed by atoms with E-state index in [4.69, 9.17) is 11.6 Å². The van der Waals surface area contributed by atoms with Crippen molar-refractivity contribution in [3.63, 3.8) is 0 Å². The third-order valence-electron chi connectivity index (χ3n) is 5.30. The number of halogens is 2. The van der Waals surface area contributed by atoms with Crippen molar-refractivity contribution in [2.24, 2.45) is 0 Å². The lowest BCUT2D eigenvalue weighted by Crippen LogP contribution is -2.34. The fourth-order valence-corrected chi connectivity index (χ4v) is 5.21. The van der Waals surface area contributed by atoms with Crippen molar-refractivity contribution in [1.29, 1.82) is 0 Å². The van der Waals surface area contributed by atoms with Gasteiger partial charge in [-0.3, -0.25) is 0 Å². The summed E-state index contributed by atoms with van der Waals surface area (Å²) in [5.41, 5.74) is 2.44. The summed E-state index contributed by atoms with van der Waals surface area (Å²) >= 11 is 6.06. The van der Waals surface area contributed by atoms with E-state index in [9.17, 15) is 12.8 Å². The molecule has 11 heteroatoms. The van der Waals surface area contributed by atoms with E-state index in [2.05, 4.69) is 25.3 Å². The molecule has 8 nitrogen and oxygen atoms in total. The second-order valence-corrected chi connectivity index (χ2v) is 9.69. The molecule has 31 heavy (non-hydrogen) atoms. The first-order valence-electron chi connectivity index (χ1n) is 9.51. The molecule has 2 atom stereocenters. The number of nitrogens with zero attached hydrogens (tertiary/aromatic N) is 4. The van der Waals surface area contributed by atoms with E-state index < -0.39 is 27.8 Å². The van der Waals surface area contributed by atoms with Crippen molar-refractivity contribution >= 4 is 27.3 Å². The van der Waals surface area contributed by atoms with E-state index in [1.54, 1.807) is 45.0 Å². The van der Waals surface area contributed by atoms with Crippen LogP contribution < -0.4 is 9.62 Å². The average molecular weight is 467 g/mol. The third-order valence-corrected chi connectivity index (χ3v) is 7.03. The van der Waals surface area contributed by atoms with Gasteiger partial charge in [0.1, 0.15) is 10.7 Å². The second-order valence-electron chi connectivity index (χ2n) is 7.57. The predicted octanol–water partition coefficient (Wildman–Crippen LogP) is 3.50. The van der Waals surface area contributed by atoms with Crippen LogP contribution in [0.15, 0.2) is 35.2 Å². The molecule has 1 heterocycles. The number of aryl methyl sites for hydroxylation is 1.